The van der Waals surface area contributed by atoms with E-state index >= 15 is 0 Å². The number of benzene rings is 1. The Balaban J connectivity index is 1.69. The summed E-state index contributed by atoms with van der Waals surface area (Å²) in [6.45, 7) is 0.521. The van der Waals surface area contributed by atoms with Crippen LogP contribution in [-0.2, 0) is 6.54 Å². The summed E-state index contributed by atoms with van der Waals surface area (Å²) < 4.78 is 6.86. The van der Waals surface area contributed by atoms with Crippen molar-refractivity contribution in [3.05, 3.63) is 64.1 Å². The summed E-state index contributed by atoms with van der Waals surface area (Å²) in [6, 6.07) is 9.45. The number of carbonyl (C=O) groups is 1. The molecule has 6 nitrogen and oxygen atoms in total. The third-order valence-corrected chi connectivity index (χ3v) is 4.10. The number of rotatable bonds is 5. The number of nitriles is 1. The highest BCUT2D eigenvalue weighted by Gasteiger charge is 2.14. The van der Waals surface area contributed by atoms with Crippen molar-refractivity contribution in [2.24, 2.45) is 0 Å². The highest BCUT2D eigenvalue weighted by atomic mass is 32.1. The minimum atomic E-state index is -0.237. The summed E-state index contributed by atoms with van der Waals surface area (Å²) >= 11 is 1.41. The number of methoxy groups -OCH3 is 1. The Labute approximate surface area is 142 Å². The molecule has 0 aliphatic heterocycles. The van der Waals surface area contributed by atoms with Crippen LogP contribution in [-0.4, -0.2) is 22.8 Å². The van der Waals surface area contributed by atoms with Gasteiger partial charge in [-0.2, -0.15) is 10.4 Å². The van der Waals surface area contributed by atoms with Crippen molar-refractivity contribution in [3.8, 4) is 11.8 Å². The lowest BCUT2D eigenvalue weighted by Gasteiger charge is -2.04. The number of hydrogen-bond acceptors (Lipinski definition) is 5. The summed E-state index contributed by atoms with van der Waals surface area (Å²) in [4.78, 5) is 12.2. The van der Waals surface area contributed by atoms with Gasteiger partial charge in [0, 0.05) is 17.0 Å². The van der Waals surface area contributed by atoms with Gasteiger partial charge in [0.05, 0.1) is 42.7 Å². The second-order valence-electron chi connectivity index (χ2n) is 5.05. The van der Waals surface area contributed by atoms with Crippen LogP contribution >= 0.6 is 11.3 Å². The molecule has 0 saturated heterocycles. The van der Waals surface area contributed by atoms with Gasteiger partial charge in [-0.1, -0.05) is 12.1 Å². The lowest BCUT2D eigenvalue weighted by Crippen LogP contribution is -2.11. The summed E-state index contributed by atoms with van der Waals surface area (Å²) in [5, 5.41) is 19.5. The highest BCUT2D eigenvalue weighted by molar-refractivity contribution is 7.08. The molecule has 0 fully saturated rings. The standard InChI is InChI=1S/C17H14N4O2S/c1-23-16-11-24-10-15(16)17(22)20-14-7-19-21(9-14)8-13-4-2-3-12(5-13)6-18/h2-5,7,9-11H,8H2,1H3,(H,20,22). The minimum absolute atomic E-state index is 0.237. The quantitative estimate of drug-likeness (QED) is 0.775. The van der Waals surface area contributed by atoms with Gasteiger partial charge in [-0.25, -0.2) is 0 Å². The Kier molecular flexibility index (Phi) is 4.59. The molecule has 0 saturated carbocycles. The van der Waals surface area contributed by atoms with Crippen LogP contribution in [0.3, 0.4) is 0 Å². The normalized spacial score (nSPS) is 10.2. The molecule has 24 heavy (non-hydrogen) atoms. The predicted molar refractivity (Wildman–Crippen MR) is 91.3 cm³/mol. The van der Waals surface area contributed by atoms with Crippen LogP contribution < -0.4 is 10.1 Å². The molecule has 1 amide bonds. The Bertz CT molecular complexity index is 907. The van der Waals surface area contributed by atoms with Gasteiger partial charge in [0.1, 0.15) is 5.75 Å². The first-order valence-electron chi connectivity index (χ1n) is 7.12. The fourth-order valence-electron chi connectivity index (χ4n) is 2.25. The van der Waals surface area contributed by atoms with Crippen LogP contribution in [0.1, 0.15) is 21.5 Å². The van der Waals surface area contributed by atoms with E-state index in [1.807, 2.05) is 18.2 Å². The molecule has 0 bridgehead atoms. The lowest BCUT2D eigenvalue weighted by atomic mass is 10.1. The largest absolute Gasteiger partial charge is 0.495 e. The Morgan fingerprint density at radius 1 is 1.46 bits per heavy atom. The molecular weight excluding hydrogens is 324 g/mol. The predicted octanol–water partition coefficient (Wildman–Crippen LogP) is 3.13. The average Bonchev–Trinajstić information content (AvgIpc) is 3.24. The molecule has 0 radical (unpaired) electrons. The number of nitrogens with one attached hydrogen (secondary N) is 1. The number of hydrogen-bond donors (Lipinski definition) is 1. The van der Waals surface area contributed by atoms with Crippen LogP contribution in [0.5, 0.6) is 5.75 Å². The average molecular weight is 338 g/mol. The second kappa shape index (κ2) is 6.98. The van der Waals surface area contributed by atoms with Crippen molar-refractivity contribution >= 4 is 22.9 Å². The van der Waals surface area contributed by atoms with Gasteiger partial charge in [-0.05, 0) is 17.7 Å². The molecule has 0 unspecified atom stereocenters. The summed E-state index contributed by atoms with van der Waals surface area (Å²) in [5.74, 6) is 0.317. The molecule has 0 atom stereocenters. The van der Waals surface area contributed by atoms with Gasteiger partial charge < -0.3 is 10.1 Å². The molecule has 0 aliphatic carbocycles. The Morgan fingerprint density at radius 2 is 2.33 bits per heavy atom. The summed E-state index contributed by atoms with van der Waals surface area (Å²) in [5.41, 5.74) is 2.67. The van der Waals surface area contributed by atoms with Crippen molar-refractivity contribution < 1.29 is 9.53 Å². The van der Waals surface area contributed by atoms with Crippen molar-refractivity contribution in [3.63, 3.8) is 0 Å². The Hall–Kier alpha value is -3.11. The number of nitrogens with zero attached hydrogens (tertiary/aromatic N) is 3. The Morgan fingerprint density at radius 3 is 3.12 bits per heavy atom. The zero-order chi connectivity index (χ0) is 16.9. The van der Waals surface area contributed by atoms with Crippen LogP contribution in [0.2, 0.25) is 0 Å². The first-order valence-corrected chi connectivity index (χ1v) is 8.07. The number of carbonyl (C=O) groups excluding carboxylic acids is 1. The molecule has 2 heterocycles. The zero-order valence-corrected chi connectivity index (χ0v) is 13.7. The van der Waals surface area contributed by atoms with E-state index in [0.29, 0.717) is 29.1 Å². The molecule has 0 aliphatic rings. The third-order valence-electron chi connectivity index (χ3n) is 3.38. The first-order chi connectivity index (χ1) is 11.7. The van der Waals surface area contributed by atoms with Crippen molar-refractivity contribution in [1.82, 2.24) is 9.78 Å². The van der Waals surface area contributed by atoms with Crippen LogP contribution in [0.4, 0.5) is 5.69 Å². The minimum Gasteiger partial charge on any atom is -0.495 e. The zero-order valence-electron chi connectivity index (χ0n) is 12.9. The molecule has 120 valence electrons. The number of ether oxygens (including phenoxy) is 1. The van der Waals surface area contributed by atoms with Crippen molar-refractivity contribution in [2.75, 3.05) is 12.4 Å². The number of anilines is 1. The van der Waals surface area contributed by atoms with E-state index in [4.69, 9.17) is 10.00 Å². The number of thiophene rings is 1. The summed E-state index contributed by atoms with van der Waals surface area (Å²) in [7, 11) is 1.53. The molecule has 3 aromatic rings. The molecule has 2 aromatic heterocycles. The maximum atomic E-state index is 12.2. The van der Waals surface area contributed by atoms with Crippen LogP contribution in [0.25, 0.3) is 0 Å². The molecule has 0 spiro atoms. The van der Waals surface area contributed by atoms with Crippen molar-refractivity contribution in [2.45, 2.75) is 6.54 Å². The van der Waals surface area contributed by atoms with Gasteiger partial charge in [-0.3, -0.25) is 9.48 Å². The number of aromatic nitrogens is 2. The van der Waals surface area contributed by atoms with Gasteiger partial charge in [-0.15, -0.1) is 11.3 Å². The second-order valence-corrected chi connectivity index (χ2v) is 5.79. The van der Waals surface area contributed by atoms with E-state index in [1.165, 1.54) is 18.4 Å². The van der Waals surface area contributed by atoms with Gasteiger partial charge in [0.25, 0.3) is 5.91 Å². The van der Waals surface area contributed by atoms with Crippen LogP contribution in [0, 0.1) is 11.3 Å². The van der Waals surface area contributed by atoms with E-state index in [-0.39, 0.29) is 5.91 Å². The topological polar surface area (TPSA) is 79.9 Å². The van der Waals surface area contributed by atoms with E-state index in [0.717, 1.165) is 5.56 Å². The molecule has 1 N–H and O–H groups in total. The number of amides is 1. The fraction of sp³-hybridized carbons (Fsp3) is 0.118. The maximum absolute atomic E-state index is 12.2. The highest BCUT2D eigenvalue weighted by Crippen LogP contribution is 2.24. The molecular formula is C17H14N4O2S. The molecule has 3 rings (SSSR count). The smallest absolute Gasteiger partial charge is 0.260 e. The van der Waals surface area contributed by atoms with E-state index in [2.05, 4.69) is 16.5 Å². The van der Waals surface area contributed by atoms with Gasteiger partial charge >= 0.3 is 0 Å². The first kappa shape index (κ1) is 15.8. The summed E-state index contributed by atoms with van der Waals surface area (Å²) in [6.07, 6.45) is 3.33. The lowest BCUT2D eigenvalue weighted by molar-refractivity contribution is 0.102. The maximum Gasteiger partial charge on any atom is 0.260 e. The van der Waals surface area contributed by atoms with E-state index in [9.17, 15) is 4.79 Å². The fourth-order valence-corrected chi connectivity index (χ4v) is 3.02. The van der Waals surface area contributed by atoms with E-state index < -0.39 is 0 Å². The molecule has 1 aromatic carbocycles. The SMILES string of the molecule is COc1cscc1C(=O)Nc1cnn(Cc2cccc(C#N)c2)c1. The van der Waals surface area contributed by atoms with Crippen molar-refractivity contribution in [1.29, 1.82) is 5.26 Å². The molecule has 7 heteroatoms. The third kappa shape index (κ3) is 3.45. The van der Waals surface area contributed by atoms with E-state index in [1.54, 1.807) is 33.9 Å². The van der Waals surface area contributed by atoms with Gasteiger partial charge in [0.15, 0.2) is 0 Å². The van der Waals surface area contributed by atoms with Crippen LogP contribution in [0.15, 0.2) is 47.4 Å². The van der Waals surface area contributed by atoms with Gasteiger partial charge in [0.2, 0.25) is 0 Å². The monoisotopic (exact) mass is 338 g/mol.